The van der Waals surface area contributed by atoms with Crippen LogP contribution in [-0.2, 0) is 4.74 Å². The van der Waals surface area contributed by atoms with Gasteiger partial charge in [-0.1, -0.05) is 12.1 Å². The number of ether oxygens (including phenoxy) is 1. The second-order valence-corrected chi connectivity index (χ2v) is 4.73. The van der Waals surface area contributed by atoms with E-state index in [2.05, 4.69) is 27.6 Å². The number of aromatic nitrogens is 1. The molecule has 2 rings (SSSR count). The smallest absolute Gasteiger partial charge is 0.339 e. The zero-order valence-corrected chi connectivity index (χ0v) is 11.5. The molecule has 0 fully saturated rings. The number of esters is 1. The van der Waals surface area contributed by atoms with Crippen LogP contribution >= 0.6 is 22.6 Å². The van der Waals surface area contributed by atoms with E-state index in [-0.39, 0.29) is 12.4 Å². The maximum atomic E-state index is 11.8. The Labute approximate surface area is 117 Å². The summed E-state index contributed by atoms with van der Waals surface area (Å²) in [5.74, 6) is -0.737. The lowest BCUT2D eigenvalue weighted by Crippen LogP contribution is -2.15. The molecular weight excluding hydrogens is 345 g/mol. The van der Waals surface area contributed by atoms with Gasteiger partial charge < -0.3 is 9.72 Å². The first-order valence-corrected chi connectivity index (χ1v) is 6.34. The van der Waals surface area contributed by atoms with Gasteiger partial charge in [0, 0.05) is 9.77 Å². The molecule has 0 bridgehead atoms. The first-order valence-electron chi connectivity index (χ1n) is 5.26. The number of aromatic amines is 1. The molecule has 5 heteroatoms. The topological polar surface area (TPSA) is 59.2 Å². The van der Waals surface area contributed by atoms with Gasteiger partial charge in [0.15, 0.2) is 6.61 Å². The van der Waals surface area contributed by atoms with Crippen molar-refractivity contribution in [2.75, 3.05) is 6.61 Å². The molecule has 0 saturated carbocycles. The first-order chi connectivity index (χ1) is 8.68. The maximum Gasteiger partial charge on any atom is 0.339 e. The summed E-state index contributed by atoms with van der Waals surface area (Å²) in [4.78, 5) is 26.1. The van der Waals surface area contributed by atoms with E-state index < -0.39 is 5.97 Å². The van der Waals surface area contributed by atoms with Gasteiger partial charge in [0.1, 0.15) is 0 Å². The first kappa shape index (κ1) is 12.8. The van der Waals surface area contributed by atoms with Crippen molar-refractivity contribution < 1.29 is 14.3 Å². The summed E-state index contributed by atoms with van der Waals surface area (Å²) in [6, 6.07) is 10.4. The van der Waals surface area contributed by atoms with Crippen molar-refractivity contribution in [1.82, 2.24) is 4.98 Å². The van der Waals surface area contributed by atoms with E-state index in [4.69, 9.17) is 4.74 Å². The van der Waals surface area contributed by atoms with Crippen LogP contribution in [-0.4, -0.2) is 23.3 Å². The monoisotopic (exact) mass is 355 g/mol. The lowest BCUT2D eigenvalue weighted by molar-refractivity contribution is 0.0472. The highest BCUT2D eigenvalue weighted by Gasteiger charge is 2.14. The number of hydrogen-bond donors (Lipinski definition) is 1. The number of Topliss-reactive ketones (excluding diaryl/α,β-unsaturated/α-hetero) is 1. The van der Waals surface area contributed by atoms with Gasteiger partial charge in [-0.15, -0.1) is 0 Å². The zero-order valence-electron chi connectivity index (χ0n) is 9.35. The zero-order chi connectivity index (χ0) is 13.0. The van der Waals surface area contributed by atoms with Crippen LogP contribution in [0.2, 0.25) is 0 Å². The van der Waals surface area contributed by atoms with Crippen molar-refractivity contribution in [2.45, 2.75) is 0 Å². The number of carbonyl (C=O) groups is 2. The summed E-state index contributed by atoms with van der Waals surface area (Å²) in [6.45, 7) is -0.260. The second kappa shape index (κ2) is 5.81. The largest absolute Gasteiger partial charge is 0.454 e. The maximum absolute atomic E-state index is 11.8. The third kappa shape index (κ3) is 2.98. The van der Waals surface area contributed by atoms with Crippen LogP contribution < -0.4 is 0 Å². The number of rotatable bonds is 4. The molecule has 1 aromatic heterocycles. The number of nitrogens with one attached hydrogen (secondary N) is 1. The lowest BCUT2D eigenvalue weighted by Gasteiger charge is -2.04. The highest BCUT2D eigenvalue weighted by molar-refractivity contribution is 14.1. The van der Waals surface area contributed by atoms with Crippen molar-refractivity contribution in [3.05, 3.63) is 57.4 Å². The number of halogens is 1. The number of hydrogen-bond acceptors (Lipinski definition) is 3. The highest BCUT2D eigenvalue weighted by atomic mass is 127. The van der Waals surface area contributed by atoms with Gasteiger partial charge in [-0.3, -0.25) is 4.79 Å². The molecule has 18 heavy (non-hydrogen) atoms. The summed E-state index contributed by atoms with van der Waals surface area (Å²) in [7, 11) is 0. The molecule has 0 spiro atoms. The number of ketones is 1. The predicted octanol–water partition coefficient (Wildman–Crippen LogP) is 2.66. The molecule has 1 N–H and O–H groups in total. The molecular formula is C13H10INO3. The minimum absolute atomic E-state index is 0.251. The summed E-state index contributed by atoms with van der Waals surface area (Å²) in [5, 5.41) is 0. The minimum Gasteiger partial charge on any atom is -0.454 e. The van der Waals surface area contributed by atoms with Crippen LogP contribution in [0.15, 0.2) is 42.6 Å². The van der Waals surface area contributed by atoms with Gasteiger partial charge >= 0.3 is 5.97 Å². The van der Waals surface area contributed by atoms with Gasteiger partial charge in [0.2, 0.25) is 5.78 Å². The Morgan fingerprint density at radius 2 is 1.94 bits per heavy atom. The fraction of sp³-hybridized carbons (Fsp3) is 0.0769. The second-order valence-electron chi connectivity index (χ2n) is 3.56. The van der Waals surface area contributed by atoms with Crippen LogP contribution in [0, 0.1) is 3.57 Å². The molecule has 0 atom stereocenters. The summed E-state index contributed by atoms with van der Waals surface area (Å²) >= 11 is 2.05. The van der Waals surface area contributed by atoms with Gasteiger partial charge in [-0.25, -0.2) is 4.79 Å². The Morgan fingerprint density at radius 1 is 1.17 bits per heavy atom. The average molecular weight is 355 g/mol. The Morgan fingerprint density at radius 3 is 2.61 bits per heavy atom. The van der Waals surface area contributed by atoms with Crippen molar-refractivity contribution in [2.24, 2.45) is 0 Å². The molecule has 1 heterocycles. The average Bonchev–Trinajstić information content (AvgIpc) is 2.90. The Bertz CT molecular complexity index is 563. The molecule has 2 aromatic rings. The molecule has 0 aliphatic rings. The van der Waals surface area contributed by atoms with Crippen LogP contribution in [0.5, 0.6) is 0 Å². The third-order valence-corrected chi connectivity index (χ3v) is 3.27. The van der Waals surface area contributed by atoms with E-state index in [1.54, 1.807) is 30.5 Å². The van der Waals surface area contributed by atoms with Crippen molar-refractivity contribution in [3.63, 3.8) is 0 Å². The Hall–Kier alpha value is -1.63. The van der Waals surface area contributed by atoms with Crippen LogP contribution in [0.1, 0.15) is 20.8 Å². The quantitative estimate of drug-likeness (QED) is 0.521. The molecule has 0 saturated heterocycles. The van der Waals surface area contributed by atoms with Crippen molar-refractivity contribution in [1.29, 1.82) is 0 Å². The summed E-state index contributed by atoms with van der Waals surface area (Å²) in [5.41, 5.74) is 0.906. The fourth-order valence-corrected chi connectivity index (χ4v) is 2.02. The molecule has 0 amide bonds. The molecule has 0 unspecified atom stereocenters. The van der Waals surface area contributed by atoms with Crippen molar-refractivity contribution in [3.8, 4) is 0 Å². The van der Waals surface area contributed by atoms with Gasteiger partial charge in [0.25, 0.3) is 0 Å². The van der Waals surface area contributed by atoms with E-state index in [9.17, 15) is 9.59 Å². The van der Waals surface area contributed by atoms with Crippen LogP contribution in [0.25, 0.3) is 0 Å². The third-order valence-electron chi connectivity index (χ3n) is 2.33. The number of H-pyrrole nitrogens is 1. The van der Waals surface area contributed by atoms with Crippen molar-refractivity contribution >= 4 is 34.3 Å². The molecule has 92 valence electrons. The number of benzene rings is 1. The van der Waals surface area contributed by atoms with Gasteiger partial charge in [0.05, 0.1) is 11.3 Å². The normalized spacial score (nSPS) is 10.1. The predicted molar refractivity (Wildman–Crippen MR) is 74.6 cm³/mol. The van der Waals surface area contributed by atoms with E-state index in [0.717, 1.165) is 3.57 Å². The minimum atomic E-state index is -0.486. The summed E-state index contributed by atoms with van der Waals surface area (Å²) in [6.07, 6.45) is 1.65. The standard InChI is InChI=1S/C13H10INO3/c14-10-5-2-1-4-9(10)13(17)18-8-12(16)11-6-3-7-15-11/h1-7,15H,8H2. The molecule has 0 radical (unpaired) electrons. The Kier molecular flexibility index (Phi) is 4.14. The van der Waals surface area contributed by atoms with Gasteiger partial charge in [-0.05, 0) is 46.9 Å². The highest BCUT2D eigenvalue weighted by Crippen LogP contribution is 2.12. The SMILES string of the molecule is O=C(COC(=O)c1ccccc1I)c1ccc[nH]1. The molecule has 0 aliphatic carbocycles. The van der Waals surface area contributed by atoms with E-state index >= 15 is 0 Å². The van der Waals surface area contributed by atoms with E-state index in [0.29, 0.717) is 11.3 Å². The van der Waals surface area contributed by atoms with Crippen LogP contribution in [0.4, 0.5) is 0 Å². The number of carbonyl (C=O) groups excluding carboxylic acids is 2. The van der Waals surface area contributed by atoms with E-state index in [1.807, 2.05) is 12.1 Å². The molecule has 0 aliphatic heterocycles. The van der Waals surface area contributed by atoms with E-state index in [1.165, 1.54) is 0 Å². The van der Waals surface area contributed by atoms with Crippen LogP contribution in [0.3, 0.4) is 0 Å². The fourth-order valence-electron chi connectivity index (χ4n) is 1.42. The Balaban J connectivity index is 1.97. The lowest BCUT2D eigenvalue weighted by atomic mass is 10.2. The molecule has 4 nitrogen and oxygen atoms in total. The molecule has 1 aromatic carbocycles. The summed E-state index contributed by atoms with van der Waals surface area (Å²) < 4.78 is 5.78. The van der Waals surface area contributed by atoms with Gasteiger partial charge in [-0.2, -0.15) is 0 Å².